The van der Waals surface area contributed by atoms with Crippen LogP contribution in [0.3, 0.4) is 0 Å². The van der Waals surface area contributed by atoms with Gasteiger partial charge >= 0.3 is 0 Å². The van der Waals surface area contributed by atoms with Crippen molar-refractivity contribution in [3.05, 3.63) is 59.1 Å². The summed E-state index contributed by atoms with van der Waals surface area (Å²) in [5.74, 6) is 0.154. The molecule has 1 unspecified atom stereocenters. The zero-order valence-corrected chi connectivity index (χ0v) is 14.9. The van der Waals surface area contributed by atoms with Crippen LogP contribution < -0.4 is 10.1 Å². The Morgan fingerprint density at radius 2 is 1.71 bits per heavy atom. The molecule has 1 amide bonds. The molecule has 0 spiro atoms. The first-order valence-electron chi connectivity index (χ1n) is 7.23. The molecule has 0 saturated carbocycles. The van der Waals surface area contributed by atoms with Gasteiger partial charge in [0.25, 0.3) is 5.91 Å². The van der Waals surface area contributed by atoms with Crippen LogP contribution in [-0.4, -0.2) is 27.2 Å². The van der Waals surface area contributed by atoms with E-state index in [4.69, 9.17) is 16.3 Å². The lowest BCUT2D eigenvalue weighted by Crippen LogP contribution is -2.31. The predicted octanol–water partition coefficient (Wildman–Crippen LogP) is 3.00. The Morgan fingerprint density at radius 3 is 2.25 bits per heavy atom. The van der Waals surface area contributed by atoms with Gasteiger partial charge in [-0.15, -0.1) is 0 Å². The summed E-state index contributed by atoms with van der Waals surface area (Å²) in [7, 11) is -3.24. The van der Waals surface area contributed by atoms with Gasteiger partial charge in [-0.2, -0.15) is 0 Å². The van der Waals surface area contributed by atoms with Crippen molar-refractivity contribution in [2.75, 3.05) is 12.9 Å². The highest BCUT2D eigenvalue weighted by molar-refractivity contribution is 7.90. The molecule has 2 aromatic rings. The second-order valence-corrected chi connectivity index (χ2v) is 7.83. The van der Waals surface area contributed by atoms with Crippen molar-refractivity contribution in [2.45, 2.75) is 17.9 Å². The van der Waals surface area contributed by atoms with Crippen molar-refractivity contribution in [3.8, 4) is 5.75 Å². The fraction of sp³-hybridized carbons (Fsp3) is 0.235. The van der Waals surface area contributed by atoms with Gasteiger partial charge in [-0.1, -0.05) is 23.7 Å². The van der Waals surface area contributed by atoms with Crippen LogP contribution in [0.5, 0.6) is 5.75 Å². The van der Waals surface area contributed by atoms with Crippen molar-refractivity contribution in [2.24, 2.45) is 0 Å². The Morgan fingerprint density at radius 1 is 1.12 bits per heavy atom. The standard InChI is InChI=1S/C17H18ClNO4S/c1-12(13-3-5-14(18)6-4-13)19-17(20)11-23-15-7-9-16(10-8-15)24(2,21)22/h3-10,12H,11H2,1-2H3,(H,19,20). The maximum atomic E-state index is 11.9. The van der Waals surface area contributed by atoms with Crippen molar-refractivity contribution in [1.29, 1.82) is 0 Å². The van der Waals surface area contributed by atoms with E-state index in [9.17, 15) is 13.2 Å². The lowest BCUT2D eigenvalue weighted by atomic mass is 10.1. The summed E-state index contributed by atoms with van der Waals surface area (Å²) in [5, 5.41) is 3.46. The molecule has 0 heterocycles. The van der Waals surface area contributed by atoms with E-state index in [2.05, 4.69) is 5.32 Å². The molecule has 0 bridgehead atoms. The van der Waals surface area contributed by atoms with E-state index in [1.54, 1.807) is 12.1 Å². The molecular weight excluding hydrogens is 350 g/mol. The number of benzene rings is 2. The van der Waals surface area contributed by atoms with Crippen LogP contribution in [0.4, 0.5) is 0 Å². The third-order valence-corrected chi connectivity index (χ3v) is 4.75. The molecule has 0 fully saturated rings. The minimum absolute atomic E-state index is 0.157. The molecule has 5 nitrogen and oxygen atoms in total. The zero-order chi connectivity index (χ0) is 17.7. The normalized spacial score (nSPS) is 12.5. The van der Waals surface area contributed by atoms with E-state index < -0.39 is 9.84 Å². The first-order valence-corrected chi connectivity index (χ1v) is 9.50. The van der Waals surface area contributed by atoms with Crippen molar-refractivity contribution >= 4 is 27.3 Å². The third-order valence-electron chi connectivity index (χ3n) is 3.37. The molecule has 1 atom stereocenters. The fourth-order valence-corrected chi connectivity index (χ4v) is 2.81. The van der Waals surface area contributed by atoms with Gasteiger partial charge in [-0.05, 0) is 48.9 Å². The number of rotatable bonds is 6. The highest BCUT2D eigenvalue weighted by Gasteiger charge is 2.11. The Bertz CT molecular complexity index is 801. The van der Waals surface area contributed by atoms with E-state index in [0.717, 1.165) is 11.8 Å². The van der Waals surface area contributed by atoms with Crippen LogP contribution in [0.2, 0.25) is 5.02 Å². The molecule has 0 aromatic heterocycles. The van der Waals surface area contributed by atoms with Crippen molar-refractivity contribution < 1.29 is 17.9 Å². The van der Waals surface area contributed by atoms with Crippen LogP contribution in [-0.2, 0) is 14.6 Å². The lowest BCUT2D eigenvalue weighted by molar-refractivity contribution is -0.123. The number of hydrogen-bond donors (Lipinski definition) is 1. The van der Waals surface area contributed by atoms with Gasteiger partial charge in [0.05, 0.1) is 10.9 Å². The second-order valence-electron chi connectivity index (χ2n) is 5.37. The summed E-state index contributed by atoms with van der Waals surface area (Å²) in [6.07, 6.45) is 1.13. The van der Waals surface area contributed by atoms with Crippen molar-refractivity contribution in [1.82, 2.24) is 5.32 Å². The van der Waals surface area contributed by atoms with Crippen molar-refractivity contribution in [3.63, 3.8) is 0 Å². The van der Waals surface area contributed by atoms with Gasteiger partial charge in [0, 0.05) is 11.3 Å². The minimum atomic E-state index is -3.24. The molecule has 0 radical (unpaired) electrons. The Balaban J connectivity index is 1.87. The van der Waals surface area contributed by atoms with Crippen LogP contribution in [0.1, 0.15) is 18.5 Å². The number of amides is 1. The number of nitrogens with one attached hydrogen (secondary N) is 1. The van der Waals surface area contributed by atoms with E-state index in [1.165, 1.54) is 24.3 Å². The average Bonchev–Trinajstić information content (AvgIpc) is 2.53. The molecule has 24 heavy (non-hydrogen) atoms. The van der Waals surface area contributed by atoms with E-state index in [0.29, 0.717) is 10.8 Å². The Kier molecular flexibility index (Phi) is 5.85. The first kappa shape index (κ1) is 18.3. The van der Waals surface area contributed by atoms with Gasteiger partial charge in [0.1, 0.15) is 5.75 Å². The smallest absolute Gasteiger partial charge is 0.258 e. The summed E-state index contributed by atoms with van der Waals surface area (Å²) in [6.45, 7) is 1.71. The highest BCUT2D eigenvalue weighted by atomic mass is 35.5. The summed E-state index contributed by atoms with van der Waals surface area (Å²) in [4.78, 5) is 12.1. The fourth-order valence-electron chi connectivity index (χ4n) is 2.05. The zero-order valence-electron chi connectivity index (χ0n) is 13.3. The molecule has 7 heteroatoms. The van der Waals surface area contributed by atoms with Crippen LogP contribution in [0.25, 0.3) is 0 Å². The number of carbonyl (C=O) groups is 1. The molecule has 1 N–H and O–H groups in total. The Labute approximate surface area is 146 Å². The maximum absolute atomic E-state index is 11.9. The SMILES string of the molecule is CC(NC(=O)COc1ccc(S(C)(=O)=O)cc1)c1ccc(Cl)cc1. The maximum Gasteiger partial charge on any atom is 0.258 e. The number of sulfone groups is 1. The molecule has 2 rings (SSSR count). The quantitative estimate of drug-likeness (QED) is 0.851. The van der Waals surface area contributed by atoms with Crippen LogP contribution in [0.15, 0.2) is 53.4 Å². The topological polar surface area (TPSA) is 72.5 Å². The number of halogens is 1. The summed E-state index contributed by atoms with van der Waals surface area (Å²) >= 11 is 5.83. The van der Waals surface area contributed by atoms with Crippen LogP contribution >= 0.6 is 11.6 Å². The van der Waals surface area contributed by atoms with Gasteiger partial charge in [-0.25, -0.2) is 8.42 Å². The van der Waals surface area contributed by atoms with Gasteiger partial charge in [0.15, 0.2) is 16.4 Å². The summed E-state index contributed by atoms with van der Waals surface area (Å²) in [5.41, 5.74) is 0.935. The highest BCUT2D eigenvalue weighted by Crippen LogP contribution is 2.17. The monoisotopic (exact) mass is 367 g/mol. The van der Waals surface area contributed by atoms with E-state index in [-0.39, 0.29) is 23.5 Å². The van der Waals surface area contributed by atoms with Gasteiger partial charge in [0.2, 0.25) is 0 Å². The lowest BCUT2D eigenvalue weighted by Gasteiger charge is -2.15. The molecule has 128 valence electrons. The molecular formula is C17H18ClNO4S. The predicted molar refractivity (Wildman–Crippen MR) is 93.1 cm³/mol. The van der Waals surface area contributed by atoms with Gasteiger partial charge in [-0.3, -0.25) is 4.79 Å². The number of ether oxygens (including phenoxy) is 1. The average molecular weight is 368 g/mol. The Hall–Kier alpha value is -2.05. The second kappa shape index (κ2) is 7.68. The summed E-state index contributed by atoms with van der Waals surface area (Å²) < 4.78 is 28.1. The molecule has 0 aliphatic rings. The molecule has 2 aromatic carbocycles. The molecule has 0 saturated heterocycles. The van der Waals surface area contributed by atoms with Crippen LogP contribution in [0, 0.1) is 0 Å². The summed E-state index contributed by atoms with van der Waals surface area (Å²) in [6, 6.07) is 13.0. The van der Waals surface area contributed by atoms with Gasteiger partial charge < -0.3 is 10.1 Å². The number of carbonyl (C=O) groups excluding carboxylic acids is 1. The van der Waals surface area contributed by atoms with E-state index >= 15 is 0 Å². The third kappa shape index (κ3) is 5.25. The molecule has 0 aliphatic heterocycles. The number of hydrogen-bond acceptors (Lipinski definition) is 4. The molecule has 0 aliphatic carbocycles. The largest absolute Gasteiger partial charge is 0.484 e. The van der Waals surface area contributed by atoms with E-state index in [1.807, 2.05) is 19.1 Å². The minimum Gasteiger partial charge on any atom is -0.484 e. The first-order chi connectivity index (χ1) is 11.3.